The van der Waals surface area contributed by atoms with Crippen molar-refractivity contribution in [1.29, 1.82) is 0 Å². The molecule has 0 spiro atoms. The van der Waals surface area contributed by atoms with Gasteiger partial charge in [-0.1, -0.05) is 26.0 Å². The smallest absolute Gasteiger partial charge is 0.272 e. The van der Waals surface area contributed by atoms with E-state index in [0.717, 1.165) is 11.4 Å². The molecule has 1 heterocycles. The molecule has 116 valence electrons. The van der Waals surface area contributed by atoms with E-state index in [-0.39, 0.29) is 11.7 Å². The number of amides is 1. The number of aryl methyl sites for hydroxylation is 1. The summed E-state index contributed by atoms with van der Waals surface area (Å²) in [6, 6.07) is 7.80. The molecule has 1 amide bonds. The molecule has 0 atom stereocenters. The Bertz CT molecular complexity index is 709. The number of H-pyrrole nitrogens is 1. The predicted molar refractivity (Wildman–Crippen MR) is 88.8 cm³/mol. The summed E-state index contributed by atoms with van der Waals surface area (Å²) >= 11 is 0. The maximum atomic E-state index is 12.4. The van der Waals surface area contributed by atoms with Crippen molar-refractivity contribution in [2.24, 2.45) is 0 Å². The lowest BCUT2D eigenvalue weighted by atomic mass is 10.0. The number of hydrogen-bond acceptors (Lipinski definition) is 2. The van der Waals surface area contributed by atoms with Gasteiger partial charge in [0.1, 0.15) is 5.69 Å². The van der Waals surface area contributed by atoms with Crippen LogP contribution in [0.15, 0.2) is 24.3 Å². The van der Waals surface area contributed by atoms with Crippen molar-refractivity contribution < 1.29 is 9.59 Å². The van der Waals surface area contributed by atoms with E-state index in [0.29, 0.717) is 22.7 Å². The van der Waals surface area contributed by atoms with Crippen molar-refractivity contribution in [3.63, 3.8) is 0 Å². The average Bonchev–Trinajstić information content (AvgIpc) is 2.74. The molecule has 2 N–H and O–H groups in total. The minimum absolute atomic E-state index is 0.0356. The Morgan fingerprint density at radius 2 is 1.68 bits per heavy atom. The summed E-state index contributed by atoms with van der Waals surface area (Å²) in [6.45, 7) is 9.36. The van der Waals surface area contributed by atoms with Gasteiger partial charge in [-0.3, -0.25) is 9.59 Å². The molecule has 0 unspecified atom stereocenters. The van der Waals surface area contributed by atoms with Crippen molar-refractivity contribution in [2.75, 3.05) is 5.32 Å². The SMILES string of the molecule is CC(=O)c1c(C)[nH]c(C(=O)Nc2ccc(C(C)C)cc2)c1C. The number of benzene rings is 1. The summed E-state index contributed by atoms with van der Waals surface area (Å²) in [5.74, 6) is 0.188. The van der Waals surface area contributed by atoms with Gasteiger partial charge in [0.2, 0.25) is 0 Å². The van der Waals surface area contributed by atoms with Crippen LogP contribution in [0.2, 0.25) is 0 Å². The summed E-state index contributed by atoms with van der Waals surface area (Å²) in [5, 5.41) is 2.86. The summed E-state index contributed by atoms with van der Waals surface area (Å²) in [7, 11) is 0. The van der Waals surface area contributed by atoms with Gasteiger partial charge in [-0.2, -0.15) is 0 Å². The molecular formula is C18H22N2O2. The van der Waals surface area contributed by atoms with Crippen LogP contribution in [0.5, 0.6) is 0 Å². The van der Waals surface area contributed by atoms with Gasteiger partial charge in [-0.25, -0.2) is 0 Å². The highest BCUT2D eigenvalue weighted by Gasteiger charge is 2.19. The van der Waals surface area contributed by atoms with Gasteiger partial charge in [-0.15, -0.1) is 0 Å². The molecule has 0 radical (unpaired) electrons. The molecule has 0 aliphatic carbocycles. The van der Waals surface area contributed by atoms with E-state index in [4.69, 9.17) is 0 Å². The van der Waals surface area contributed by atoms with E-state index in [2.05, 4.69) is 24.1 Å². The average molecular weight is 298 g/mol. The van der Waals surface area contributed by atoms with Gasteiger partial charge in [0.05, 0.1) is 0 Å². The first-order chi connectivity index (χ1) is 10.3. The van der Waals surface area contributed by atoms with E-state index in [1.807, 2.05) is 24.3 Å². The number of hydrogen-bond donors (Lipinski definition) is 2. The molecule has 2 rings (SSSR count). The Morgan fingerprint density at radius 1 is 1.09 bits per heavy atom. The zero-order valence-electron chi connectivity index (χ0n) is 13.7. The summed E-state index contributed by atoms with van der Waals surface area (Å²) in [5.41, 5.74) is 4.43. The molecule has 1 aromatic heterocycles. The number of anilines is 1. The van der Waals surface area contributed by atoms with Crippen molar-refractivity contribution in [3.8, 4) is 0 Å². The van der Waals surface area contributed by atoms with Crippen molar-refractivity contribution in [2.45, 2.75) is 40.5 Å². The van der Waals surface area contributed by atoms with Crippen molar-refractivity contribution >= 4 is 17.4 Å². The number of nitrogens with one attached hydrogen (secondary N) is 2. The maximum Gasteiger partial charge on any atom is 0.272 e. The van der Waals surface area contributed by atoms with Gasteiger partial charge in [0, 0.05) is 16.9 Å². The van der Waals surface area contributed by atoms with Gasteiger partial charge in [0.25, 0.3) is 5.91 Å². The minimum atomic E-state index is -0.231. The highest BCUT2D eigenvalue weighted by molar-refractivity contribution is 6.07. The second-order valence-electron chi connectivity index (χ2n) is 5.91. The van der Waals surface area contributed by atoms with Crippen LogP contribution in [0.4, 0.5) is 5.69 Å². The normalized spacial score (nSPS) is 10.8. The lowest BCUT2D eigenvalue weighted by molar-refractivity contribution is 0.101. The standard InChI is InChI=1S/C18H22N2O2/c1-10(2)14-6-8-15(9-7-14)20-18(22)17-11(3)16(13(5)21)12(4)19-17/h6-10,19H,1-5H3,(H,20,22). The zero-order valence-corrected chi connectivity index (χ0v) is 13.7. The molecular weight excluding hydrogens is 276 g/mol. The van der Waals surface area contributed by atoms with Crippen LogP contribution in [-0.2, 0) is 0 Å². The molecule has 0 saturated carbocycles. The van der Waals surface area contributed by atoms with E-state index >= 15 is 0 Å². The third kappa shape index (κ3) is 3.11. The van der Waals surface area contributed by atoms with Crippen LogP contribution in [0.1, 0.15) is 64.4 Å². The Hall–Kier alpha value is -2.36. The number of Topliss-reactive ketones (excluding diaryl/α,β-unsaturated/α-hetero) is 1. The monoisotopic (exact) mass is 298 g/mol. The molecule has 4 nitrogen and oxygen atoms in total. The number of aromatic nitrogens is 1. The second-order valence-corrected chi connectivity index (χ2v) is 5.91. The zero-order chi connectivity index (χ0) is 16.4. The van der Waals surface area contributed by atoms with Crippen LogP contribution < -0.4 is 5.32 Å². The van der Waals surface area contributed by atoms with Crippen molar-refractivity contribution in [1.82, 2.24) is 4.98 Å². The van der Waals surface area contributed by atoms with Crippen LogP contribution in [0, 0.1) is 13.8 Å². The Labute approximate surface area is 130 Å². The number of aromatic amines is 1. The van der Waals surface area contributed by atoms with Crippen molar-refractivity contribution in [3.05, 3.63) is 52.3 Å². The van der Waals surface area contributed by atoms with Crippen LogP contribution in [0.25, 0.3) is 0 Å². The second kappa shape index (κ2) is 6.18. The molecule has 1 aromatic carbocycles. The molecule has 0 aliphatic rings. The van der Waals surface area contributed by atoms with Gasteiger partial charge in [-0.05, 0) is 49.9 Å². The van der Waals surface area contributed by atoms with Crippen LogP contribution >= 0.6 is 0 Å². The first kappa shape index (κ1) is 16.0. The fraction of sp³-hybridized carbons (Fsp3) is 0.333. The summed E-state index contributed by atoms with van der Waals surface area (Å²) in [6.07, 6.45) is 0. The molecule has 4 heteroatoms. The van der Waals surface area contributed by atoms with Gasteiger partial charge in [0.15, 0.2) is 5.78 Å². The Balaban J connectivity index is 2.22. The maximum absolute atomic E-state index is 12.4. The first-order valence-corrected chi connectivity index (χ1v) is 7.42. The van der Waals surface area contributed by atoms with E-state index < -0.39 is 0 Å². The lowest BCUT2D eigenvalue weighted by Crippen LogP contribution is -2.14. The third-order valence-corrected chi connectivity index (χ3v) is 3.85. The number of rotatable bonds is 4. The Morgan fingerprint density at radius 3 is 2.14 bits per heavy atom. The van der Waals surface area contributed by atoms with E-state index in [9.17, 15) is 9.59 Å². The summed E-state index contributed by atoms with van der Waals surface area (Å²) < 4.78 is 0. The van der Waals surface area contributed by atoms with E-state index in [1.54, 1.807) is 13.8 Å². The number of carbonyl (C=O) groups excluding carboxylic acids is 2. The van der Waals surface area contributed by atoms with Crippen LogP contribution in [0.3, 0.4) is 0 Å². The first-order valence-electron chi connectivity index (χ1n) is 7.42. The van der Waals surface area contributed by atoms with Crippen LogP contribution in [-0.4, -0.2) is 16.7 Å². The fourth-order valence-corrected chi connectivity index (χ4v) is 2.65. The lowest BCUT2D eigenvalue weighted by Gasteiger charge is -2.08. The highest BCUT2D eigenvalue weighted by atomic mass is 16.2. The fourth-order valence-electron chi connectivity index (χ4n) is 2.65. The third-order valence-electron chi connectivity index (χ3n) is 3.85. The van der Waals surface area contributed by atoms with Gasteiger partial charge >= 0.3 is 0 Å². The predicted octanol–water partition coefficient (Wildman–Crippen LogP) is 4.21. The summed E-state index contributed by atoms with van der Waals surface area (Å²) in [4.78, 5) is 27.0. The molecule has 0 fully saturated rings. The molecule has 0 aliphatic heterocycles. The molecule has 0 bridgehead atoms. The molecule has 0 saturated heterocycles. The topological polar surface area (TPSA) is 62.0 Å². The minimum Gasteiger partial charge on any atom is -0.354 e. The molecule has 2 aromatic rings. The van der Waals surface area contributed by atoms with Gasteiger partial charge < -0.3 is 10.3 Å². The van der Waals surface area contributed by atoms with E-state index in [1.165, 1.54) is 12.5 Å². The quantitative estimate of drug-likeness (QED) is 0.831. The molecule has 22 heavy (non-hydrogen) atoms. The Kier molecular flexibility index (Phi) is 4.50. The number of carbonyl (C=O) groups is 2. The number of ketones is 1. The largest absolute Gasteiger partial charge is 0.354 e. The highest BCUT2D eigenvalue weighted by Crippen LogP contribution is 2.21.